The number of nitrogens with zero attached hydrogens (tertiary/aromatic N) is 1. The van der Waals surface area contributed by atoms with Gasteiger partial charge in [-0.2, -0.15) is 0 Å². The zero-order valence-corrected chi connectivity index (χ0v) is 12.7. The molecule has 5 nitrogen and oxygen atoms in total. The summed E-state index contributed by atoms with van der Waals surface area (Å²) in [5.41, 5.74) is 1.94. The molecule has 3 aromatic rings. The van der Waals surface area contributed by atoms with Crippen LogP contribution in [0.3, 0.4) is 0 Å². The van der Waals surface area contributed by atoms with Crippen LogP contribution in [0.2, 0.25) is 0 Å². The molecule has 2 amide bonds. The Morgan fingerprint density at radius 2 is 1.70 bits per heavy atom. The highest BCUT2D eigenvalue weighted by Crippen LogP contribution is 2.22. The van der Waals surface area contributed by atoms with Gasteiger partial charge in [0, 0.05) is 11.6 Å². The molecule has 1 aromatic heterocycles. The van der Waals surface area contributed by atoms with Crippen molar-refractivity contribution in [3.05, 3.63) is 72.3 Å². The van der Waals surface area contributed by atoms with Crippen molar-refractivity contribution in [2.45, 2.75) is 13.0 Å². The van der Waals surface area contributed by atoms with Crippen molar-refractivity contribution in [2.24, 2.45) is 0 Å². The summed E-state index contributed by atoms with van der Waals surface area (Å²) in [4.78, 5) is 12.0. The third-order valence-corrected chi connectivity index (χ3v) is 3.46. The van der Waals surface area contributed by atoms with E-state index < -0.39 is 0 Å². The van der Waals surface area contributed by atoms with Crippen molar-refractivity contribution >= 4 is 11.8 Å². The number of rotatable bonds is 4. The molecule has 5 heteroatoms. The SMILES string of the molecule is CC(NC(=O)Nc1cc(-c2ccccc2)on1)c1ccccc1. The molecule has 23 heavy (non-hydrogen) atoms. The second kappa shape index (κ2) is 6.79. The number of benzene rings is 2. The van der Waals surface area contributed by atoms with Gasteiger partial charge in [0.2, 0.25) is 0 Å². The average Bonchev–Trinajstić information content (AvgIpc) is 3.04. The minimum absolute atomic E-state index is 0.100. The molecule has 0 saturated heterocycles. The van der Waals surface area contributed by atoms with Crippen molar-refractivity contribution in [1.82, 2.24) is 10.5 Å². The number of nitrogens with one attached hydrogen (secondary N) is 2. The van der Waals surface area contributed by atoms with Crippen LogP contribution in [-0.2, 0) is 0 Å². The molecule has 2 N–H and O–H groups in total. The molecule has 0 aliphatic carbocycles. The Labute approximate surface area is 134 Å². The normalized spacial score (nSPS) is 11.7. The largest absolute Gasteiger partial charge is 0.354 e. The topological polar surface area (TPSA) is 67.2 Å². The van der Waals surface area contributed by atoms with Crippen LogP contribution in [0, 0.1) is 0 Å². The van der Waals surface area contributed by atoms with Crippen LogP contribution >= 0.6 is 0 Å². The summed E-state index contributed by atoms with van der Waals surface area (Å²) < 4.78 is 5.25. The van der Waals surface area contributed by atoms with E-state index in [0.29, 0.717) is 11.6 Å². The lowest BCUT2D eigenvalue weighted by Gasteiger charge is -2.13. The van der Waals surface area contributed by atoms with Crippen LogP contribution in [0.1, 0.15) is 18.5 Å². The van der Waals surface area contributed by atoms with Gasteiger partial charge in [0.15, 0.2) is 11.6 Å². The highest BCUT2D eigenvalue weighted by atomic mass is 16.5. The molecular weight excluding hydrogens is 290 g/mol. The Morgan fingerprint density at radius 3 is 2.39 bits per heavy atom. The van der Waals surface area contributed by atoms with Crippen LogP contribution in [0.5, 0.6) is 0 Å². The Kier molecular flexibility index (Phi) is 4.38. The number of carbonyl (C=O) groups is 1. The Balaban J connectivity index is 1.61. The maximum atomic E-state index is 12.0. The zero-order valence-electron chi connectivity index (χ0n) is 12.7. The van der Waals surface area contributed by atoms with Gasteiger partial charge in [0.25, 0.3) is 0 Å². The van der Waals surface area contributed by atoms with Gasteiger partial charge in [0.1, 0.15) is 0 Å². The molecule has 0 fully saturated rings. The number of urea groups is 1. The maximum Gasteiger partial charge on any atom is 0.320 e. The summed E-state index contributed by atoms with van der Waals surface area (Å²) in [7, 11) is 0. The van der Waals surface area contributed by atoms with Crippen LogP contribution in [-0.4, -0.2) is 11.2 Å². The molecule has 3 rings (SSSR count). The Bertz CT molecular complexity index is 769. The summed E-state index contributed by atoms with van der Waals surface area (Å²) in [5.74, 6) is 0.985. The van der Waals surface area contributed by atoms with Crippen LogP contribution < -0.4 is 10.6 Å². The van der Waals surface area contributed by atoms with E-state index in [1.807, 2.05) is 67.6 Å². The fourth-order valence-corrected chi connectivity index (χ4v) is 2.25. The molecular formula is C18H17N3O2. The fourth-order valence-electron chi connectivity index (χ4n) is 2.25. The first-order valence-corrected chi connectivity index (χ1v) is 7.37. The lowest BCUT2D eigenvalue weighted by molar-refractivity contribution is 0.249. The van der Waals surface area contributed by atoms with Crippen molar-refractivity contribution in [2.75, 3.05) is 5.32 Å². The first-order chi connectivity index (χ1) is 11.2. The number of hydrogen-bond acceptors (Lipinski definition) is 3. The van der Waals surface area contributed by atoms with Gasteiger partial charge in [-0.3, -0.25) is 5.32 Å². The van der Waals surface area contributed by atoms with E-state index in [2.05, 4.69) is 15.8 Å². The Hall–Kier alpha value is -3.08. The standard InChI is InChI=1S/C18H17N3O2/c1-13(14-8-4-2-5-9-14)19-18(22)20-17-12-16(23-21-17)15-10-6-3-7-11-15/h2-13H,1H3,(H2,19,20,21,22). The highest BCUT2D eigenvalue weighted by Gasteiger charge is 2.12. The molecule has 1 heterocycles. The zero-order chi connectivity index (χ0) is 16.1. The molecule has 0 bridgehead atoms. The average molecular weight is 307 g/mol. The molecule has 116 valence electrons. The Morgan fingerprint density at radius 1 is 1.04 bits per heavy atom. The van der Waals surface area contributed by atoms with Gasteiger partial charge in [0.05, 0.1) is 6.04 Å². The first kappa shape index (κ1) is 14.8. The second-order valence-electron chi connectivity index (χ2n) is 5.17. The third-order valence-electron chi connectivity index (χ3n) is 3.46. The van der Waals surface area contributed by atoms with E-state index in [1.54, 1.807) is 6.07 Å². The van der Waals surface area contributed by atoms with E-state index >= 15 is 0 Å². The van der Waals surface area contributed by atoms with E-state index in [9.17, 15) is 4.79 Å². The highest BCUT2D eigenvalue weighted by molar-refractivity contribution is 5.88. The number of carbonyl (C=O) groups excluding carboxylic acids is 1. The number of aromatic nitrogens is 1. The number of anilines is 1. The number of amides is 2. The summed E-state index contributed by atoms with van der Waals surface area (Å²) in [5, 5.41) is 9.41. The van der Waals surface area contributed by atoms with Gasteiger partial charge in [-0.1, -0.05) is 65.8 Å². The number of hydrogen-bond donors (Lipinski definition) is 2. The van der Waals surface area contributed by atoms with Crippen molar-refractivity contribution < 1.29 is 9.32 Å². The first-order valence-electron chi connectivity index (χ1n) is 7.37. The lowest BCUT2D eigenvalue weighted by atomic mass is 10.1. The summed E-state index contributed by atoms with van der Waals surface area (Å²) >= 11 is 0. The summed E-state index contributed by atoms with van der Waals surface area (Å²) in [6, 6.07) is 20.6. The van der Waals surface area contributed by atoms with Crippen LogP contribution in [0.15, 0.2) is 71.3 Å². The predicted octanol–water partition coefficient (Wildman–Crippen LogP) is 4.22. The fraction of sp³-hybridized carbons (Fsp3) is 0.111. The summed E-state index contributed by atoms with van der Waals surface area (Å²) in [6.07, 6.45) is 0. The molecule has 1 atom stereocenters. The smallest absolute Gasteiger partial charge is 0.320 e. The van der Waals surface area contributed by atoms with Gasteiger partial charge >= 0.3 is 6.03 Å². The molecule has 0 spiro atoms. The maximum absolute atomic E-state index is 12.0. The molecule has 0 aliphatic rings. The van der Waals surface area contributed by atoms with Crippen LogP contribution in [0.25, 0.3) is 11.3 Å². The van der Waals surface area contributed by atoms with E-state index in [4.69, 9.17) is 4.52 Å². The monoisotopic (exact) mass is 307 g/mol. The van der Waals surface area contributed by atoms with Gasteiger partial charge in [-0.15, -0.1) is 0 Å². The van der Waals surface area contributed by atoms with E-state index in [0.717, 1.165) is 11.1 Å². The predicted molar refractivity (Wildman–Crippen MR) is 89.0 cm³/mol. The van der Waals surface area contributed by atoms with Gasteiger partial charge in [-0.05, 0) is 12.5 Å². The second-order valence-corrected chi connectivity index (χ2v) is 5.17. The quantitative estimate of drug-likeness (QED) is 0.758. The lowest BCUT2D eigenvalue weighted by Crippen LogP contribution is -2.31. The van der Waals surface area contributed by atoms with Crippen molar-refractivity contribution in [3.63, 3.8) is 0 Å². The molecule has 0 aliphatic heterocycles. The minimum Gasteiger partial charge on any atom is -0.354 e. The van der Waals surface area contributed by atoms with E-state index in [1.165, 1.54) is 0 Å². The van der Waals surface area contributed by atoms with Gasteiger partial charge < -0.3 is 9.84 Å². The summed E-state index contributed by atoms with van der Waals surface area (Å²) in [6.45, 7) is 1.92. The van der Waals surface area contributed by atoms with Crippen LogP contribution in [0.4, 0.5) is 10.6 Å². The molecule has 0 saturated carbocycles. The minimum atomic E-state index is -0.325. The third kappa shape index (κ3) is 3.77. The van der Waals surface area contributed by atoms with Gasteiger partial charge in [-0.25, -0.2) is 4.79 Å². The molecule has 1 unspecified atom stereocenters. The van der Waals surface area contributed by atoms with Crippen molar-refractivity contribution in [3.8, 4) is 11.3 Å². The van der Waals surface area contributed by atoms with E-state index in [-0.39, 0.29) is 12.1 Å². The van der Waals surface area contributed by atoms with Crippen molar-refractivity contribution in [1.29, 1.82) is 0 Å². The molecule has 0 radical (unpaired) electrons. The molecule has 2 aromatic carbocycles.